The molecule has 8 heteroatoms. The van der Waals surface area contributed by atoms with Gasteiger partial charge < -0.3 is 19.7 Å². The van der Waals surface area contributed by atoms with Gasteiger partial charge in [0.2, 0.25) is 0 Å². The number of hydrogen-bond acceptors (Lipinski definition) is 4. The highest BCUT2D eigenvalue weighted by Gasteiger charge is 2.32. The first kappa shape index (κ1) is 21.8. The number of piperidine rings is 1. The molecule has 1 N–H and O–H groups in total. The van der Waals surface area contributed by atoms with Crippen molar-refractivity contribution in [3.05, 3.63) is 48.0 Å². The van der Waals surface area contributed by atoms with Crippen LogP contribution in [0.3, 0.4) is 0 Å². The van der Waals surface area contributed by atoms with E-state index in [0.29, 0.717) is 17.2 Å². The Bertz CT molecular complexity index is 863. The van der Waals surface area contributed by atoms with Crippen molar-refractivity contribution >= 4 is 17.3 Å². The van der Waals surface area contributed by atoms with Gasteiger partial charge in [-0.05, 0) is 68.7 Å². The summed E-state index contributed by atoms with van der Waals surface area (Å²) in [6, 6.07) is 10.2. The highest BCUT2D eigenvalue weighted by molar-refractivity contribution is 5.97. The molecule has 0 aromatic heterocycles. The van der Waals surface area contributed by atoms with Gasteiger partial charge in [-0.15, -0.1) is 0 Å². The SMILES string of the molecule is COc1ccc(OC(C)C(=O)Nc2cc(C(F)(F)F)ccc2N2CCCCC2)cc1. The van der Waals surface area contributed by atoms with Gasteiger partial charge >= 0.3 is 6.18 Å². The number of carbonyl (C=O) groups excluding carboxylic acids is 1. The van der Waals surface area contributed by atoms with Crippen molar-refractivity contribution in [3.63, 3.8) is 0 Å². The molecule has 0 saturated carbocycles. The van der Waals surface area contributed by atoms with Crippen LogP contribution < -0.4 is 19.7 Å². The summed E-state index contributed by atoms with van der Waals surface area (Å²) in [4.78, 5) is 14.7. The summed E-state index contributed by atoms with van der Waals surface area (Å²) < 4.78 is 50.4. The molecular weight excluding hydrogens is 397 g/mol. The molecule has 2 aromatic rings. The fourth-order valence-corrected chi connectivity index (χ4v) is 3.37. The van der Waals surface area contributed by atoms with Crippen LogP contribution in [0.1, 0.15) is 31.7 Å². The van der Waals surface area contributed by atoms with E-state index in [4.69, 9.17) is 9.47 Å². The maximum absolute atomic E-state index is 13.2. The van der Waals surface area contributed by atoms with Crippen LogP contribution >= 0.6 is 0 Å². The molecule has 1 amide bonds. The molecule has 1 fully saturated rings. The van der Waals surface area contributed by atoms with E-state index in [2.05, 4.69) is 5.32 Å². The zero-order valence-corrected chi connectivity index (χ0v) is 17.0. The summed E-state index contributed by atoms with van der Waals surface area (Å²) >= 11 is 0. The molecule has 3 rings (SSSR count). The monoisotopic (exact) mass is 422 g/mol. The molecular formula is C22H25F3N2O3. The number of benzene rings is 2. The van der Waals surface area contributed by atoms with Crippen LogP contribution in [-0.4, -0.2) is 32.2 Å². The topological polar surface area (TPSA) is 50.8 Å². The number of amides is 1. The third-order valence-electron chi connectivity index (χ3n) is 5.02. The minimum Gasteiger partial charge on any atom is -0.497 e. The minimum atomic E-state index is -4.49. The predicted molar refractivity (Wildman–Crippen MR) is 109 cm³/mol. The molecule has 0 radical (unpaired) electrons. The Kier molecular flexibility index (Phi) is 6.74. The quantitative estimate of drug-likeness (QED) is 0.703. The fraction of sp³-hybridized carbons (Fsp3) is 0.409. The van der Waals surface area contributed by atoms with Gasteiger partial charge in [-0.2, -0.15) is 13.2 Å². The number of nitrogens with zero attached hydrogens (tertiary/aromatic N) is 1. The molecule has 1 heterocycles. The maximum Gasteiger partial charge on any atom is 0.416 e. The molecule has 2 aromatic carbocycles. The first-order chi connectivity index (χ1) is 14.3. The molecule has 1 aliphatic rings. The number of hydrogen-bond donors (Lipinski definition) is 1. The third kappa shape index (κ3) is 5.37. The Labute approximate surface area is 173 Å². The highest BCUT2D eigenvalue weighted by Crippen LogP contribution is 2.36. The van der Waals surface area contributed by atoms with Crippen molar-refractivity contribution in [1.29, 1.82) is 0 Å². The van der Waals surface area contributed by atoms with Crippen LogP contribution in [-0.2, 0) is 11.0 Å². The van der Waals surface area contributed by atoms with Gasteiger partial charge in [-0.3, -0.25) is 4.79 Å². The average Bonchev–Trinajstić information content (AvgIpc) is 2.74. The first-order valence-corrected chi connectivity index (χ1v) is 9.85. The van der Waals surface area contributed by atoms with Crippen molar-refractivity contribution < 1.29 is 27.4 Å². The second kappa shape index (κ2) is 9.28. The van der Waals surface area contributed by atoms with Gasteiger partial charge in [0.1, 0.15) is 11.5 Å². The fourth-order valence-electron chi connectivity index (χ4n) is 3.37. The second-order valence-corrected chi connectivity index (χ2v) is 7.20. The summed E-state index contributed by atoms with van der Waals surface area (Å²) in [6.07, 6.45) is -2.38. The van der Waals surface area contributed by atoms with Crippen molar-refractivity contribution in [3.8, 4) is 11.5 Å². The standard InChI is InChI=1S/C22H25F3N2O3/c1-15(30-18-9-7-17(29-2)8-10-18)21(28)26-19-14-16(22(23,24)25)6-11-20(19)27-12-4-3-5-13-27/h6-11,14-15H,3-5,12-13H2,1-2H3,(H,26,28). The molecule has 1 saturated heterocycles. The van der Waals surface area contributed by atoms with E-state index in [1.807, 2.05) is 4.90 Å². The van der Waals surface area contributed by atoms with Gasteiger partial charge in [-0.1, -0.05) is 0 Å². The number of ether oxygens (including phenoxy) is 2. The van der Waals surface area contributed by atoms with E-state index in [9.17, 15) is 18.0 Å². The van der Waals surface area contributed by atoms with Gasteiger partial charge in [-0.25, -0.2) is 0 Å². The number of rotatable bonds is 6. The Morgan fingerprint density at radius 1 is 1.03 bits per heavy atom. The molecule has 1 atom stereocenters. The lowest BCUT2D eigenvalue weighted by Crippen LogP contribution is -2.33. The van der Waals surface area contributed by atoms with E-state index < -0.39 is 23.8 Å². The molecule has 1 unspecified atom stereocenters. The number of alkyl halides is 3. The maximum atomic E-state index is 13.2. The molecule has 0 spiro atoms. The van der Waals surface area contributed by atoms with Crippen molar-refractivity contribution in [2.75, 3.05) is 30.4 Å². The number of halogens is 3. The summed E-state index contributed by atoms with van der Waals surface area (Å²) in [7, 11) is 1.54. The van der Waals surface area contributed by atoms with Crippen LogP contribution in [0.5, 0.6) is 11.5 Å². The van der Waals surface area contributed by atoms with Crippen LogP contribution in [0.2, 0.25) is 0 Å². The molecule has 1 aliphatic heterocycles. The van der Waals surface area contributed by atoms with Gasteiger partial charge in [0.05, 0.1) is 24.0 Å². The number of carbonyl (C=O) groups is 1. The highest BCUT2D eigenvalue weighted by atomic mass is 19.4. The predicted octanol–water partition coefficient (Wildman–Crippen LogP) is 5.11. The lowest BCUT2D eigenvalue weighted by molar-refractivity contribution is -0.137. The van der Waals surface area contributed by atoms with Crippen LogP contribution in [0, 0.1) is 0 Å². The van der Waals surface area contributed by atoms with E-state index >= 15 is 0 Å². The van der Waals surface area contributed by atoms with E-state index in [1.165, 1.54) is 6.07 Å². The zero-order valence-electron chi connectivity index (χ0n) is 17.0. The third-order valence-corrected chi connectivity index (χ3v) is 5.02. The van der Waals surface area contributed by atoms with Crippen LogP contribution in [0.15, 0.2) is 42.5 Å². The Balaban J connectivity index is 1.78. The Hall–Kier alpha value is -2.90. The summed E-state index contributed by atoms with van der Waals surface area (Å²) in [5.41, 5.74) is -0.0723. The Morgan fingerprint density at radius 3 is 2.27 bits per heavy atom. The molecule has 30 heavy (non-hydrogen) atoms. The normalized spacial score (nSPS) is 15.4. The van der Waals surface area contributed by atoms with Crippen molar-refractivity contribution in [2.45, 2.75) is 38.5 Å². The van der Waals surface area contributed by atoms with Crippen LogP contribution in [0.4, 0.5) is 24.5 Å². The Morgan fingerprint density at radius 2 is 1.67 bits per heavy atom. The second-order valence-electron chi connectivity index (χ2n) is 7.20. The minimum absolute atomic E-state index is 0.141. The van der Waals surface area contributed by atoms with Crippen molar-refractivity contribution in [1.82, 2.24) is 0 Å². The summed E-state index contributed by atoms with van der Waals surface area (Å²) in [6.45, 7) is 3.03. The lowest BCUT2D eigenvalue weighted by atomic mass is 10.1. The lowest BCUT2D eigenvalue weighted by Gasteiger charge is -2.31. The number of anilines is 2. The summed E-state index contributed by atoms with van der Waals surface area (Å²) in [5.74, 6) is 0.580. The zero-order chi connectivity index (χ0) is 21.7. The van der Waals surface area contributed by atoms with Crippen LogP contribution in [0.25, 0.3) is 0 Å². The molecule has 0 bridgehead atoms. The smallest absolute Gasteiger partial charge is 0.416 e. The largest absolute Gasteiger partial charge is 0.497 e. The molecule has 0 aliphatic carbocycles. The van der Waals surface area contributed by atoms with E-state index in [1.54, 1.807) is 38.3 Å². The number of methoxy groups -OCH3 is 1. The summed E-state index contributed by atoms with van der Waals surface area (Å²) in [5, 5.41) is 2.63. The van der Waals surface area contributed by atoms with E-state index in [-0.39, 0.29) is 5.69 Å². The average molecular weight is 422 g/mol. The first-order valence-electron chi connectivity index (χ1n) is 9.85. The van der Waals surface area contributed by atoms with Gasteiger partial charge in [0.25, 0.3) is 5.91 Å². The van der Waals surface area contributed by atoms with E-state index in [0.717, 1.165) is 44.5 Å². The van der Waals surface area contributed by atoms with Gasteiger partial charge in [0.15, 0.2) is 6.10 Å². The van der Waals surface area contributed by atoms with Gasteiger partial charge in [0, 0.05) is 13.1 Å². The number of nitrogens with one attached hydrogen (secondary N) is 1. The molecule has 162 valence electrons. The van der Waals surface area contributed by atoms with Crippen molar-refractivity contribution in [2.24, 2.45) is 0 Å². The molecule has 5 nitrogen and oxygen atoms in total.